The lowest BCUT2D eigenvalue weighted by atomic mass is 9.76. The predicted octanol–water partition coefficient (Wildman–Crippen LogP) is 4.01. The van der Waals surface area contributed by atoms with Crippen molar-refractivity contribution in [3.05, 3.63) is 52.6 Å². The van der Waals surface area contributed by atoms with Crippen LogP contribution < -0.4 is 21.7 Å². The van der Waals surface area contributed by atoms with Gasteiger partial charge in [0.05, 0.1) is 11.1 Å². The summed E-state index contributed by atoms with van der Waals surface area (Å²) < 4.78 is 5.29. The van der Waals surface area contributed by atoms with Crippen molar-refractivity contribution in [2.24, 2.45) is 16.9 Å². The van der Waals surface area contributed by atoms with E-state index in [1.807, 2.05) is 23.1 Å². The van der Waals surface area contributed by atoms with E-state index in [0.717, 1.165) is 24.6 Å². The van der Waals surface area contributed by atoms with Crippen molar-refractivity contribution in [3.63, 3.8) is 0 Å². The highest BCUT2D eigenvalue weighted by molar-refractivity contribution is 8.00. The Kier molecular flexibility index (Phi) is 9.21. The number of pyridine rings is 1. The minimum Gasteiger partial charge on any atom is -0.433 e. The van der Waals surface area contributed by atoms with Crippen LogP contribution in [0.25, 0.3) is 0 Å². The van der Waals surface area contributed by atoms with E-state index in [2.05, 4.69) is 17.5 Å². The Bertz CT molecular complexity index is 1480. The molecule has 226 valence electrons. The number of rotatable bonds is 9. The Morgan fingerprint density at radius 2 is 1.63 bits per heavy atom. The van der Waals surface area contributed by atoms with E-state index in [1.165, 1.54) is 0 Å². The van der Waals surface area contributed by atoms with Crippen molar-refractivity contribution in [1.82, 2.24) is 10.3 Å². The fourth-order valence-electron chi connectivity index (χ4n) is 5.21. The van der Waals surface area contributed by atoms with E-state index in [4.69, 9.17) is 21.2 Å². The molecular formula is C31H37N7O4S. The van der Waals surface area contributed by atoms with Crippen LogP contribution in [0.2, 0.25) is 0 Å². The van der Waals surface area contributed by atoms with Gasteiger partial charge in [0, 0.05) is 24.5 Å². The monoisotopic (exact) mass is 603 g/mol. The summed E-state index contributed by atoms with van der Waals surface area (Å²) >= 11 is 1.12. The number of nitriles is 2. The average Bonchev–Trinajstić information content (AvgIpc) is 3.80. The summed E-state index contributed by atoms with van der Waals surface area (Å²) in [6.07, 6.45) is 1.80. The second-order valence-electron chi connectivity index (χ2n) is 12.2. The van der Waals surface area contributed by atoms with Gasteiger partial charge in [0.1, 0.15) is 28.2 Å². The van der Waals surface area contributed by atoms with Gasteiger partial charge in [-0.25, -0.2) is 9.78 Å². The molecule has 2 fully saturated rings. The molecule has 43 heavy (non-hydrogen) atoms. The van der Waals surface area contributed by atoms with E-state index in [9.17, 15) is 24.9 Å². The van der Waals surface area contributed by atoms with Crippen molar-refractivity contribution in [2.45, 2.75) is 81.2 Å². The zero-order valence-electron chi connectivity index (χ0n) is 24.8. The number of carbonyl (C=O) groups is 3. The molecule has 1 aromatic carbocycles. The maximum Gasteiger partial charge on any atom is 0.405 e. The molecule has 1 saturated heterocycles. The number of nitrogens with two attached hydrogens (primary N) is 2. The Labute approximate surface area is 255 Å². The summed E-state index contributed by atoms with van der Waals surface area (Å²) in [6, 6.07) is 13.4. The summed E-state index contributed by atoms with van der Waals surface area (Å²) in [6.45, 7) is 7.90. The summed E-state index contributed by atoms with van der Waals surface area (Å²) in [7, 11) is 0. The lowest BCUT2D eigenvalue weighted by Gasteiger charge is -2.41. The Morgan fingerprint density at radius 1 is 1.02 bits per heavy atom. The SMILES string of the molecule is CC(C)(C)C(C)(OC(N)=O)C(=O)NC1CCN(c2nc(SC(C(N)=O)c3ccccc3)c(C#N)c(C3CC3)c2C#N)CC1. The third-order valence-corrected chi connectivity index (χ3v) is 9.54. The highest BCUT2D eigenvalue weighted by Crippen LogP contribution is 2.48. The molecule has 3 amide bonds. The molecule has 2 aromatic rings. The maximum absolute atomic E-state index is 13.3. The topological polar surface area (TPSA) is 188 Å². The van der Waals surface area contributed by atoms with Gasteiger partial charge in [-0.05, 0) is 49.7 Å². The van der Waals surface area contributed by atoms with Crippen LogP contribution in [0.3, 0.4) is 0 Å². The molecule has 2 unspecified atom stereocenters. The summed E-state index contributed by atoms with van der Waals surface area (Å²) in [5, 5.41) is 23.1. The van der Waals surface area contributed by atoms with Crippen LogP contribution in [-0.2, 0) is 14.3 Å². The molecule has 1 aromatic heterocycles. The molecular weight excluding hydrogens is 566 g/mol. The molecule has 1 saturated carbocycles. The van der Waals surface area contributed by atoms with Crippen LogP contribution in [0.15, 0.2) is 35.4 Å². The van der Waals surface area contributed by atoms with Crippen LogP contribution in [0, 0.1) is 28.1 Å². The number of anilines is 1. The van der Waals surface area contributed by atoms with Crippen molar-refractivity contribution in [3.8, 4) is 12.1 Å². The number of carbonyl (C=O) groups excluding carboxylic acids is 3. The highest BCUT2D eigenvalue weighted by atomic mass is 32.2. The minimum atomic E-state index is -1.47. The van der Waals surface area contributed by atoms with E-state index in [-0.39, 0.29) is 12.0 Å². The van der Waals surface area contributed by atoms with Gasteiger partial charge in [-0.1, -0.05) is 62.9 Å². The highest BCUT2D eigenvalue weighted by Gasteiger charge is 2.48. The molecule has 5 N–H and O–H groups in total. The van der Waals surface area contributed by atoms with Gasteiger partial charge in [0.25, 0.3) is 5.91 Å². The molecule has 0 radical (unpaired) electrons. The molecule has 12 heteroatoms. The van der Waals surface area contributed by atoms with Crippen LogP contribution in [-0.4, -0.2) is 47.6 Å². The lowest BCUT2D eigenvalue weighted by Crippen LogP contribution is -2.59. The zero-order valence-corrected chi connectivity index (χ0v) is 25.7. The van der Waals surface area contributed by atoms with E-state index < -0.39 is 34.2 Å². The van der Waals surface area contributed by atoms with Crippen LogP contribution in [0.1, 0.15) is 86.8 Å². The van der Waals surface area contributed by atoms with E-state index in [1.54, 1.807) is 39.8 Å². The first kappa shape index (κ1) is 31.6. The lowest BCUT2D eigenvalue weighted by molar-refractivity contribution is -0.150. The summed E-state index contributed by atoms with van der Waals surface area (Å²) in [4.78, 5) is 44.2. The Morgan fingerprint density at radius 3 is 2.12 bits per heavy atom. The molecule has 1 aliphatic carbocycles. The van der Waals surface area contributed by atoms with Crippen molar-refractivity contribution in [1.29, 1.82) is 10.5 Å². The fourth-order valence-corrected chi connectivity index (χ4v) is 6.26. The molecule has 2 atom stereocenters. The quantitative estimate of drug-likeness (QED) is 0.356. The van der Waals surface area contributed by atoms with Gasteiger partial charge >= 0.3 is 6.09 Å². The summed E-state index contributed by atoms with van der Waals surface area (Å²) in [5.74, 6) is -0.450. The number of nitrogens with zero attached hydrogens (tertiary/aromatic N) is 4. The van der Waals surface area contributed by atoms with Crippen molar-refractivity contribution < 1.29 is 19.1 Å². The number of primary amides is 2. The van der Waals surface area contributed by atoms with Crippen molar-refractivity contribution >= 4 is 35.5 Å². The first-order valence-electron chi connectivity index (χ1n) is 14.2. The van der Waals surface area contributed by atoms with Gasteiger partial charge in [-0.15, -0.1) is 0 Å². The number of aromatic nitrogens is 1. The average molecular weight is 604 g/mol. The predicted molar refractivity (Wildman–Crippen MR) is 162 cm³/mol. The largest absolute Gasteiger partial charge is 0.433 e. The third kappa shape index (κ3) is 6.70. The van der Waals surface area contributed by atoms with Crippen LogP contribution in [0.4, 0.5) is 10.6 Å². The molecule has 0 bridgehead atoms. The second-order valence-corrected chi connectivity index (χ2v) is 13.2. The molecule has 2 heterocycles. The first-order valence-corrected chi connectivity index (χ1v) is 15.1. The van der Waals surface area contributed by atoms with E-state index in [0.29, 0.717) is 59.0 Å². The zero-order chi connectivity index (χ0) is 31.5. The van der Waals surface area contributed by atoms with Gasteiger partial charge in [0.2, 0.25) is 5.91 Å². The number of thioether (sulfide) groups is 1. The number of hydrogen-bond donors (Lipinski definition) is 3. The number of nitrogens with one attached hydrogen (secondary N) is 1. The number of benzene rings is 1. The number of amides is 3. The number of piperidine rings is 1. The third-order valence-electron chi connectivity index (χ3n) is 8.28. The molecule has 0 spiro atoms. The standard InChI is InChI=1S/C31H37N7O4S/c1-30(2,3)31(4,42-29(35)41)28(40)36-20-12-14-38(15-13-20)26-21(16-32)23(18-10-11-18)22(17-33)27(37-26)43-24(25(34)39)19-8-6-5-7-9-19/h5-9,18,20,24H,10-15H2,1-4H3,(H2,34,39)(H2,35,41)(H,36,40). The number of hydrogen-bond acceptors (Lipinski definition) is 9. The molecule has 1 aliphatic heterocycles. The van der Waals surface area contributed by atoms with Crippen molar-refractivity contribution in [2.75, 3.05) is 18.0 Å². The van der Waals surface area contributed by atoms with Gasteiger partial charge in [-0.3, -0.25) is 9.59 Å². The molecule has 2 aliphatic rings. The summed E-state index contributed by atoms with van der Waals surface area (Å²) in [5.41, 5.74) is 10.9. The van der Waals surface area contributed by atoms with Gasteiger partial charge in [0.15, 0.2) is 5.60 Å². The number of ether oxygens (including phenoxy) is 1. The van der Waals surface area contributed by atoms with Gasteiger partial charge < -0.3 is 26.4 Å². The van der Waals surface area contributed by atoms with Gasteiger partial charge in [-0.2, -0.15) is 10.5 Å². The normalized spacial score (nSPS) is 17.6. The maximum atomic E-state index is 13.3. The smallest absolute Gasteiger partial charge is 0.405 e. The van der Waals surface area contributed by atoms with E-state index >= 15 is 0 Å². The fraction of sp³-hybridized carbons (Fsp3) is 0.484. The van der Waals surface area contributed by atoms with Crippen LogP contribution in [0.5, 0.6) is 0 Å². The second kappa shape index (κ2) is 12.5. The van der Waals surface area contributed by atoms with Crippen LogP contribution >= 0.6 is 11.8 Å². The Balaban J connectivity index is 1.62. The molecule has 4 rings (SSSR count). The minimum absolute atomic E-state index is 0.0753. The Hall–Kier alpha value is -4.29. The first-order chi connectivity index (χ1) is 20.3. The molecule has 11 nitrogen and oxygen atoms in total.